The van der Waals surface area contributed by atoms with Gasteiger partial charge in [-0.3, -0.25) is 9.48 Å². The average molecular weight is 331 g/mol. The van der Waals surface area contributed by atoms with Gasteiger partial charge in [-0.1, -0.05) is 6.07 Å². The summed E-state index contributed by atoms with van der Waals surface area (Å²) in [6.07, 6.45) is 6.04. The maximum atomic E-state index is 12.0. The lowest BCUT2D eigenvalue weighted by Gasteiger charge is -2.22. The van der Waals surface area contributed by atoms with Crippen LogP contribution in [0.15, 0.2) is 23.7 Å². The smallest absolute Gasteiger partial charge is 0.225 e. The third-order valence-electron chi connectivity index (χ3n) is 4.41. The lowest BCUT2D eigenvalue weighted by molar-refractivity contribution is -0.121. The second kappa shape index (κ2) is 6.45. The normalized spacial score (nSPS) is 20.3. The standard InChI is InChI=1S/C17H21N3O2S/c21-16(8-14-2-1-7-23-14)18-9-15-17-13(5-6-22-15)11-20(19-17)10-12-3-4-12/h1-2,7,11-12,15H,3-6,8-10H2,(H,18,21)/t15-/m1/s1. The van der Waals surface area contributed by atoms with Crippen LogP contribution in [0.5, 0.6) is 0 Å². The Kier molecular flexibility index (Phi) is 4.18. The SMILES string of the molecule is O=C(Cc1cccs1)NC[C@H]1OCCc2cn(CC3CC3)nc21. The molecule has 5 nitrogen and oxygen atoms in total. The van der Waals surface area contributed by atoms with Crippen LogP contribution in [0.25, 0.3) is 0 Å². The van der Waals surface area contributed by atoms with Crippen molar-refractivity contribution in [1.82, 2.24) is 15.1 Å². The first-order valence-corrected chi connectivity index (χ1v) is 9.13. The Morgan fingerprint density at radius 3 is 3.17 bits per heavy atom. The van der Waals surface area contributed by atoms with Crippen LogP contribution in [0.4, 0.5) is 0 Å². The maximum absolute atomic E-state index is 12.0. The highest BCUT2D eigenvalue weighted by Crippen LogP contribution is 2.32. The number of hydrogen-bond acceptors (Lipinski definition) is 4. The van der Waals surface area contributed by atoms with Gasteiger partial charge in [0.2, 0.25) is 5.91 Å². The molecule has 3 heterocycles. The molecule has 1 amide bonds. The number of aromatic nitrogens is 2. The zero-order valence-electron chi connectivity index (χ0n) is 13.0. The van der Waals surface area contributed by atoms with Crippen LogP contribution in [-0.2, 0) is 28.9 Å². The summed E-state index contributed by atoms with van der Waals surface area (Å²) >= 11 is 1.61. The molecular formula is C17H21N3O2S. The fourth-order valence-electron chi connectivity index (χ4n) is 2.99. The minimum Gasteiger partial charge on any atom is -0.370 e. The summed E-state index contributed by atoms with van der Waals surface area (Å²) in [4.78, 5) is 13.1. The first-order chi connectivity index (χ1) is 11.3. The summed E-state index contributed by atoms with van der Waals surface area (Å²) in [5.74, 6) is 0.849. The van der Waals surface area contributed by atoms with Gasteiger partial charge in [0.25, 0.3) is 0 Å². The van der Waals surface area contributed by atoms with Gasteiger partial charge in [-0.15, -0.1) is 11.3 Å². The molecule has 0 radical (unpaired) electrons. The molecule has 2 aliphatic rings. The fourth-order valence-corrected chi connectivity index (χ4v) is 3.69. The van der Waals surface area contributed by atoms with Crippen LogP contribution >= 0.6 is 11.3 Å². The van der Waals surface area contributed by atoms with Crippen LogP contribution in [0.3, 0.4) is 0 Å². The fraction of sp³-hybridized carbons (Fsp3) is 0.529. The monoisotopic (exact) mass is 331 g/mol. The van der Waals surface area contributed by atoms with Crippen molar-refractivity contribution >= 4 is 17.2 Å². The lowest BCUT2D eigenvalue weighted by atomic mass is 10.1. The summed E-state index contributed by atoms with van der Waals surface area (Å²) in [5, 5.41) is 9.69. The number of thiophene rings is 1. The molecule has 2 aromatic heterocycles. The third kappa shape index (κ3) is 3.64. The third-order valence-corrected chi connectivity index (χ3v) is 5.28. The number of ether oxygens (including phenoxy) is 1. The average Bonchev–Trinajstić information content (AvgIpc) is 3.04. The van der Waals surface area contributed by atoms with Gasteiger partial charge in [-0.05, 0) is 42.2 Å². The van der Waals surface area contributed by atoms with E-state index in [1.807, 2.05) is 17.5 Å². The molecule has 2 aromatic rings. The van der Waals surface area contributed by atoms with Gasteiger partial charge in [0, 0.05) is 24.2 Å². The molecule has 1 aliphatic carbocycles. The summed E-state index contributed by atoms with van der Waals surface area (Å²) in [6.45, 7) is 2.22. The molecule has 0 aromatic carbocycles. The Labute approximate surface area is 139 Å². The molecule has 0 unspecified atom stereocenters. The van der Waals surface area contributed by atoms with E-state index in [1.54, 1.807) is 11.3 Å². The Hall–Kier alpha value is -1.66. The van der Waals surface area contributed by atoms with E-state index in [2.05, 4.69) is 16.2 Å². The first-order valence-electron chi connectivity index (χ1n) is 8.25. The second-order valence-corrected chi connectivity index (χ2v) is 7.41. The Morgan fingerprint density at radius 1 is 1.48 bits per heavy atom. The van der Waals surface area contributed by atoms with Gasteiger partial charge in [0.15, 0.2) is 0 Å². The van der Waals surface area contributed by atoms with Gasteiger partial charge in [0.1, 0.15) is 6.10 Å². The van der Waals surface area contributed by atoms with E-state index in [1.165, 1.54) is 18.4 Å². The topological polar surface area (TPSA) is 56.1 Å². The van der Waals surface area contributed by atoms with Crippen LogP contribution in [0.2, 0.25) is 0 Å². The second-order valence-electron chi connectivity index (χ2n) is 6.37. The van der Waals surface area contributed by atoms with E-state index in [4.69, 9.17) is 9.84 Å². The summed E-state index contributed by atoms with van der Waals surface area (Å²) < 4.78 is 7.90. The largest absolute Gasteiger partial charge is 0.370 e. The molecule has 1 aliphatic heterocycles. The van der Waals surface area contributed by atoms with Gasteiger partial charge >= 0.3 is 0 Å². The van der Waals surface area contributed by atoms with Crippen molar-refractivity contribution in [1.29, 1.82) is 0 Å². The quantitative estimate of drug-likeness (QED) is 0.884. The lowest BCUT2D eigenvalue weighted by Crippen LogP contribution is -2.32. The van der Waals surface area contributed by atoms with Crippen molar-refractivity contribution in [3.05, 3.63) is 39.8 Å². The van der Waals surface area contributed by atoms with Crippen LogP contribution in [0.1, 0.15) is 35.1 Å². The number of rotatable bonds is 6. The van der Waals surface area contributed by atoms with Gasteiger partial charge in [0.05, 0.1) is 18.7 Å². The first kappa shape index (κ1) is 14.9. The summed E-state index contributed by atoms with van der Waals surface area (Å²) in [7, 11) is 0. The number of amides is 1. The highest BCUT2D eigenvalue weighted by atomic mass is 32.1. The van der Waals surface area contributed by atoms with Crippen molar-refractivity contribution in [3.63, 3.8) is 0 Å². The molecule has 122 valence electrons. The number of fused-ring (bicyclic) bond motifs is 1. The molecule has 23 heavy (non-hydrogen) atoms. The van der Waals surface area contributed by atoms with Crippen molar-refractivity contribution in [2.75, 3.05) is 13.2 Å². The van der Waals surface area contributed by atoms with E-state index in [9.17, 15) is 4.79 Å². The summed E-state index contributed by atoms with van der Waals surface area (Å²) in [5.41, 5.74) is 2.28. The molecule has 1 N–H and O–H groups in total. The predicted octanol–water partition coefficient (Wildman–Crippen LogP) is 2.33. The van der Waals surface area contributed by atoms with E-state index in [0.717, 1.165) is 29.5 Å². The zero-order chi connectivity index (χ0) is 15.6. The van der Waals surface area contributed by atoms with E-state index < -0.39 is 0 Å². The maximum Gasteiger partial charge on any atom is 0.225 e. The van der Waals surface area contributed by atoms with Crippen molar-refractivity contribution in [2.24, 2.45) is 5.92 Å². The predicted molar refractivity (Wildman–Crippen MR) is 88.4 cm³/mol. The van der Waals surface area contributed by atoms with Crippen LogP contribution in [0, 0.1) is 5.92 Å². The molecule has 1 fully saturated rings. The number of carbonyl (C=O) groups excluding carboxylic acids is 1. The highest BCUT2D eigenvalue weighted by molar-refractivity contribution is 7.10. The van der Waals surface area contributed by atoms with Crippen LogP contribution in [-0.4, -0.2) is 28.8 Å². The number of hydrogen-bond donors (Lipinski definition) is 1. The molecule has 6 heteroatoms. The molecular weight excluding hydrogens is 310 g/mol. The molecule has 0 bridgehead atoms. The van der Waals surface area contributed by atoms with E-state index in [-0.39, 0.29) is 12.0 Å². The highest BCUT2D eigenvalue weighted by Gasteiger charge is 2.27. The molecule has 1 saturated carbocycles. The zero-order valence-corrected chi connectivity index (χ0v) is 13.8. The molecule has 1 atom stereocenters. The van der Waals surface area contributed by atoms with Crippen molar-refractivity contribution in [2.45, 2.75) is 38.3 Å². The molecule has 0 saturated heterocycles. The Bertz CT molecular complexity index is 676. The minimum absolute atomic E-state index is 0.0422. The molecule has 4 rings (SSSR count). The van der Waals surface area contributed by atoms with Crippen molar-refractivity contribution in [3.8, 4) is 0 Å². The van der Waals surface area contributed by atoms with Gasteiger partial charge in [-0.25, -0.2) is 0 Å². The number of nitrogens with one attached hydrogen (secondary N) is 1. The number of nitrogens with zero attached hydrogens (tertiary/aromatic N) is 2. The Morgan fingerprint density at radius 2 is 2.39 bits per heavy atom. The van der Waals surface area contributed by atoms with Gasteiger partial charge in [-0.2, -0.15) is 5.10 Å². The van der Waals surface area contributed by atoms with E-state index in [0.29, 0.717) is 19.6 Å². The Balaban J connectivity index is 1.36. The van der Waals surface area contributed by atoms with Crippen molar-refractivity contribution < 1.29 is 9.53 Å². The minimum atomic E-state index is -0.119. The van der Waals surface area contributed by atoms with Gasteiger partial charge < -0.3 is 10.1 Å². The van der Waals surface area contributed by atoms with Crippen LogP contribution < -0.4 is 5.32 Å². The number of carbonyl (C=O) groups is 1. The molecule has 0 spiro atoms. The van der Waals surface area contributed by atoms with E-state index >= 15 is 0 Å². The summed E-state index contributed by atoms with van der Waals surface area (Å²) in [6, 6.07) is 3.95.